The van der Waals surface area contributed by atoms with Crippen molar-refractivity contribution < 1.29 is 9.59 Å². The number of aryl methyl sites for hydroxylation is 1. The molecule has 8 nitrogen and oxygen atoms in total. The maximum Gasteiger partial charge on any atom is 0.233 e. The second-order valence-corrected chi connectivity index (χ2v) is 7.47. The molecule has 2 amide bonds. The molecule has 4 rings (SSSR count). The highest BCUT2D eigenvalue weighted by atomic mass is 16.2. The SMILES string of the molecule is CCNC(=NCc1cnn(C)c1)NCCN1C(=O)C2C3C=CC(C3)C2C1=O. The zero-order valence-corrected chi connectivity index (χ0v) is 15.8. The number of hydrogen-bond donors (Lipinski definition) is 2. The molecule has 27 heavy (non-hydrogen) atoms. The van der Waals surface area contributed by atoms with Crippen molar-refractivity contribution in [2.75, 3.05) is 19.6 Å². The Labute approximate surface area is 158 Å². The lowest BCUT2D eigenvalue weighted by atomic mass is 9.85. The highest BCUT2D eigenvalue weighted by molar-refractivity contribution is 6.06. The van der Waals surface area contributed by atoms with Crippen LogP contribution in [0.1, 0.15) is 18.9 Å². The highest BCUT2D eigenvalue weighted by Gasteiger charge is 2.58. The molecular weight excluding hydrogens is 344 g/mol. The van der Waals surface area contributed by atoms with Gasteiger partial charge < -0.3 is 10.6 Å². The van der Waals surface area contributed by atoms with Crippen molar-refractivity contribution in [1.82, 2.24) is 25.3 Å². The van der Waals surface area contributed by atoms with E-state index in [-0.39, 0.29) is 35.5 Å². The molecule has 1 saturated carbocycles. The predicted octanol–water partition coefficient (Wildman–Crippen LogP) is 0.282. The van der Waals surface area contributed by atoms with Crippen molar-refractivity contribution in [3.8, 4) is 0 Å². The van der Waals surface area contributed by atoms with Gasteiger partial charge in [0, 0.05) is 38.4 Å². The van der Waals surface area contributed by atoms with Gasteiger partial charge in [0.05, 0.1) is 24.6 Å². The number of carbonyl (C=O) groups is 2. The maximum atomic E-state index is 12.7. The van der Waals surface area contributed by atoms with Gasteiger partial charge >= 0.3 is 0 Å². The largest absolute Gasteiger partial charge is 0.357 e. The van der Waals surface area contributed by atoms with Gasteiger partial charge in [0.2, 0.25) is 11.8 Å². The summed E-state index contributed by atoms with van der Waals surface area (Å²) in [5.74, 6) is 0.935. The number of aliphatic imine (C=N–C) groups is 1. The molecule has 1 saturated heterocycles. The van der Waals surface area contributed by atoms with Gasteiger partial charge in [-0.3, -0.25) is 19.2 Å². The summed E-state index contributed by atoms with van der Waals surface area (Å²) >= 11 is 0. The van der Waals surface area contributed by atoms with E-state index in [0.717, 1.165) is 18.5 Å². The van der Waals surface area contributed by atoms with Crippen LogP contribution in [0.15, 0.2) is 29.5 Å². The molecule has 1 aromatic heterocycles. The van der Waals surface area contributed by atoms with Crippen LogP contribution < -0.4 is 10.6 Å². The fraction of sp³-hybridized carbons (Fsp3) is 0.579. The van der Waals surface area contributed by atoms with Crippen molar-refractivity contribution in [3.63, 3.8) is 0 Å². The van der Waals surface area contributed by atoms with Crippen molar-refractivity contribution in [3.05, 3.63) is 30.1 Å². The molecule has 1 aromatic rings. The lowest BCUT2D eigenvalue weighted by molar-refractivity contribution is -0.140. The molecule has 2 bridgehead atoms. The van der Waals surface area contributed by atoms with Gasteiger partial charge in [-0.2, -0.15) is 5.10 Å². The fourth-order valence-electron chi connectivity index (χ4n) is 4.54. The number of fused-ring (bicyclic) bond motifs is 5. The molecule has 2 heterocycles. The van der Waals surface area contributed by atoms with E-state index in [0.29, 0.717) is 25.6 Å². The molecule has 0 spiro atoms. The van der Waals surface area contributed by atoms with Crippen LogP contribution in [-0.4, -0.2) is 52.1 Å². The molecule has 4 atom stereocenters. The summed E-state index contributed by atoms with van der Waals surface area (Å²) in [5.41, 5.74) is 1.02. The number of nitrogens with one attached hydrogen (secondary N) is 2. The highest BCUT2D eigenvalue weighted by Crippen LogP contribution is 2.52. The van der Waals surface area contributed by atoms with Crippen LogP contribution in [-0.2, 0) is 23.2 Å². The van der Waals surface area contributed by atoms with Gasteiger partial charge in [0.25, 0.3) is 0 Å². The van der Waals surface area contributed by atoms with Crippen molar-refractivity contribution >= 4 is 17.8 Å². The number of allylic oxidation sites excluding steroid dienone is 2. The first-order valence-corrected chi connectivity index (χ1v) is 9.61. The van der Waals surface area contributed by atoms with E-state index < -0.39 is 0 Å². The van der Waals surface area contributed by atoms with Crippen LogP contribution in [0, 0.1) is 23.7 Å². The van der Waals surface area contributed by atoms with E-state index in [1.54, 1.807) is 10.9 Å². The summed E-state index contributed by atoms with van der Waals surface area (Å²) in [4.78, 5) is 31.4. The summed E-state index contributed by atoms with van der Waals surface area (Å²) in [6.45, 7) is 4.11. The van der Waals surface area contributed by atoms with Gasteiger partial charge in [0.1, 0.15) is 0 Å². The zero-order valence-electron chi connectivity index (χ0n) is 15.8. The third kappa shape index (κ3) is 3.24. The Hall–Kier alpha value is -2.64. The average molecular weight is 370 g/mol. The summed E-state index contributed by atoms with van der Waals surface area (Å²) < 4.78 is 1.74. The molecule has 1 aliphatic heterocycles. The van der Waals surface area contributed by atoms with Gasteiger partial charge in [-0.15, -0.1) is 0 Å². The van der Waals surface area contributed by atoms with E-state index in [9.17, 15) is 9.59 Å². The lowest BCUT2D eigenvalue weighted by Gasteiger charge is -2.18. The standard InChI is InChI=1S/C19H26N6O2/c1-3-20-19(22-9-12-10-23-24(2)11-12)21-6-7-25-17(26)15-13-4-5-14(8-13)16(15)18(25)27/h4-5,10-11,13-16H,3,6-9H2,1-2H3,(H2,20,21,22). The zero-order chi connectivity index (χ0) is 19.0. The van der Waals surface area contributed by atoms with Gasteiger partial charge in [-0.05, 0) is 25.2 Å². The Bertz CT molecular complexity index is 768. The number of rotatable bonds is 6. The van der Waals surface area contributed by atoms with Crippen LogP contribution in [0.4, 0.5) is 0 Å². The molecule has 2 N–H and O–H groups in total. The minimum Gasteiger partial charge on any atom is -0.357 e. The number of carbonyl (C=O) groups excluding carboxylic acids is 2. The van der Waals surface area contributed by atoms with E-state index in [1.165, 1.54) is 4.90 Å². The number of nitrogens with zero attached hydrogens (tertiary/aromatic N) is 4. The van der Waals surface area contributed by atoms with Crippen LogP contribution in [0.5, 0.6) is 0 Å². The maximum absolute atomic E-state index is 12.7. The molecule has 8 heteroatoms. The van der Waals surface area contributed by atoms with E-state index in [2.05, 4.69) is 32.9 Å². The second-order valence-electron chi connectivity index (χ2n) is 7.47. The fourth-order valence-corrected chi connectivity index (χ4v) is 4.54. The topological polar surface area (TPSA) is 91.6 Å². The number of amides is 2. The molecule has 2 fully saturated rings. The lowest BCUT2D eigenvalue weighted by Crippen LogP contribution is -2.43. The quantitative estimate of drug-likeness (QED) is 0.325. The Kier molecular flexibility index (Phi) is 4.72. The van der Waals surface area contributed by atoms with E-state index in [4.69, 9.17) is 0 Å². The Morgan fingerprint density at radius 3 is 2.52 bits per heavy atom. The molecule has 0 radical (unpaired) electrons. The first-order valence-electron chi connectivity index (χ1n) is 9.61. The van der Waals surface area contributed by atoms with E-state index >= 15 is 0 Å². The summed E-state index contributed by atoms with van der Waals surface area (Å²) in [5, 5.41) is 10.5. The Morgan fingerprint density at radius 2 is 1.93 bits per heavy atom. The molecule has 4 unspecified atom stereocenters. The predicted molar refractivity (Wildman–Crippen MR) is 100 cm³/mol. The van der Waals surface area contributed by atoms with Crippen LogP contribution in [0.25, 0.3) is 0 Å². The first kappa shape index (κ1) is 17.8. The van der Waals surface area contributed by atoms with Crippen LogP contribution in [0.2, 0.25) is 0 Å². The van der Waals surface area contributed by atoms with Crippen molar-refractivity contribution in [2.24, 2.45) is 35.7 Å². The van der Waals surface area contributed by atoms with Gasteiger partial charge in [-0.25, -0.2) is 4.99 Å². The molecular formula is C19H26N6O2. The number of aromatic nitrogens is 2. The summed E-state index contributed by atoms with van der Waals surface area (Å²) in [7, 11) is 1.87. The van der Waals surface area contributed by atoms with Gasteiger partial charge in [0.15, 0.2) is 5.96 Å². The van der Waals surface area contributed by atoms with Crippen LogP contribution in [0.3, 0.4) is 0 Å². The van der Waals surface area contributed by atoms with E-state index in [1.807, 2.05) is 20.2 Å². The van der Waals surface area contributed by atoms with Crippen molar-refractivity contribution in [2.45, 2.75) is 19.9 Å². The summed E-state index contributed by atoms with van der Waals surface area (Å²) in [6.07, 6.45) is 8.91. The third-order valence-electron chi connectivity index (χ3n) is 5.71. The van der Waals surface area contributed by atoms with Gasteiger partial charge in [-0.1, -0.05) is 12.2 Å². The molecule has 144 valence electrons. The minimum absolute atomic E-state index is 0.000879. The molecule has 3 aliphatic rings. The number of likely N-dealkylation sites (tertiary alicyclic amines) is 1. The van der Waals surface area contributed by atoms with Crippen LogP contribution >= 0.6 is 0 Å². The molecule has 0 aromatic carbocycles. The summed E-state index contributed by atoms with van der Waals surface area (Å²) in [6, 6.07) is 0. The minimum atomic E-state index is -0.125. The Morgan fingerprint density at radius 1 is 1.22 bits per heavy atom. The third-order valence-corrected chi connectivity index (χ3v) is 5.71. The first-order chi connectivity index (χ1) is 13.1. The monoisotopic (exact) mass is 370 g/mol. The number of imide groups is 1. The average Bonchev–Trinajstić information content (AvgIpc) is 3.40. The number of guanidine groups is 1. The molecule has 2 aliphatic carbocycles. The normalized spacial score (nSPS) is 29.0. The Balaban J connectivity index is 1.32. The second kappa shape index (κ2) is 7.17. The number of hydrogen-bond acceptors (Lipinski definition) is 4. The van der Waals surface area contributed by atoms with Crippen molar-refractivity contribution in [1.29, 1.82) is 0 Å². The smallest absolute Gasteiger partial charge is 0.233 e.